The maximum atomic E-state index is 12.0. The number of carbonyl (C=O) groups is 1. The van der Waals surface area contributed by atoms with Gasteiger partial charge in [0.05, 0.1) is 5.92 Å². The lowest BCUT2D eigenvalue weighted by Crippen LogP contribution is -2.56. The lowest BCUT2D eigenvalue weighted by molar-refractivity contribution is -0.127. The number of anilines is 2. The van der Waals surface area contributed by atoms with Crippen LogP contribution in [-0.2, 0) is 4.79 Å². The summed E-state index contributed by atoms with van der Waals surface area (Å²) >= 11 is 0. The van der Waals surface area contributed by atoms with E-state index in [2.05, 4.69) is 20.2 Å². The van der Waals surface area contributed by atoms with Gasteiger partial charge in [-0.25, -0.2) is 9.97 Å². The molecule has 0 aromatic carbocycles. The topological polar surface area (TPSA) is 61.4 Å². The molecule has 0 radical (unpaired) electrons. The van der Waals surface area contributed by atoms with Gasteiger partial charge in [-0.1, -0.05) is 0 Å². The van der Waals surface area contributed by atoms with Crippen molar-refractivity contribution in [1.29, 1.82) is 0 Å². The summed E-state index contributed by atoms with van der Waals surface area (Å²) in [4.78, 5) is 24.5. The number of carbonyl (C=O) groups excluding carboxylic acids is 1. The molecular formula is C14H23N5O. The van der Waals surface area contributed by atoms with Crippen molar-refractivity contribution in [1.82, 2.24) is 15.3 Å². The van der Waals surface area contributed by atoms with Crippen LogP contribution in [0.4, 0.5) is 11.6 Å². The fourth-order valence-electron chi connectivity index (χ4n) is 2.06. The van der Waals surface area contributed by atoms with Crippen molar-refractivity contribution in [3.63, 3.8) is 0 Å². The van der Waals surface area contributed by atoms with Gasteiger partial charge in [0.1, 0.15) is 18.0 Å². The Morgan fingerprint density at radius 2 is 2.00 bits per heavy atom. The molecule has 1 saturated heterocycles. The first-order valence-corrected chi connectivity index (χ1v) is 6.82. The van der Waals surface area contributed by atoms with Crippen molar-refractivity contribution in [3.8, 4) is 0 Å². The van der Waals surface area contributed by atoms with E-state index in [9.17, 15) is 4.79 Å². The Morgan fingerprint density at radius 3 is 2.55 bits per heavy atom. The third-order valence-corrected chi connectivity index (χ3v) is 3.17. The van der Waals surface area contributed by atoms with Crippen molar-refractivity contribution in [2.24, 2.45) is 5.92 Å². The molecule has 0 bridgehead atoms. The van der Waals surface area contributed by atoms with Gasteiger partial charge in [-0.2, -0.15) is 0 Å². The molecule has 1 fully saturated rings. The van der Waals surface area contributed by atoms with Gasteiger partial charge in [-0.15, -0.1) is 0 Å². The van der Waals surface area contributed by atoms with Gasteiger partial charge in [0.25, 0.3) is 0 Å². The molecule has 2 rings (SSSR count). The van der Waals surface area contributed by atoms with Gasteiger partial charge in [0, 0.05) is 38.8 Å². The van der Waals surface area contributed by atoms with E-state index in [1.807, 2.05) is 45.8 Å². The second-order valence-corrected chi connectivity index (χ2v) is 6.47. The van der Waals surface area contributed by atoms with E-state index >= 15 is 0 Å². The maximum Gasteiger partial charge on any atom is 0.227 e. The molecule has 1 amide bonds. The number of hydrogen-bond donors (Lipinski definition) is 1. The molecule has 0 spiro atoms. The fraction of sp³-hybridized carbons (Fsp3) is 0.643. The van der Waals surface area contributed by atoms with Crippen molar-refractivity contribution in [3.05, 3.63) is 12.4 Å². The molecule has 110 valence electrons. The van der Waals surface area contributed by atoms with Crippen molar-refractivity contribution >= 4 is 17.5 Å². The standard InChI is InChI=1S/C14H23N5O/c1-14(2,3)17-13(20)10-7-19(8-10)12-6-11(18(4)5)15-9-16-12/h6,9-10H,7-8H2,1-5H3,(H,17,20). The first-order valence-electron chi connectivity index (χ1n) is 6.82. The Kier molecular flexibility index (Phi) is 3.83. The number of nitrogens with zero attached hydrogens (tertiary/aromatic N) is 4. The van der Waals surface area contributed by atoms with Crippen molar-refractivity contribution < 1.29 is 4.79 Å². The van der Waals surface area contributed by atoms with Crippen LogP contribution in [0.15, 0.2) is 12.4 Å². The second kappa shape index (κ2) is 5.26. The Bertz CT molecular complexity index is 489. The lowest BCUT2D eigenvalue weighted by Gasteiger charge is -2.40. The van der Waals surface area contributed by atoms with Gasteiger partial charge >= 0.3 is 0 Å². The first-order chi connectivity index (χ1) is 9.26. The van der Waals surface area contributed by atoms with Crippen LogP contribution < -0.4 is 15.1 Å². The molecule has 1 aromatic rings. The largest absolute Gasteiger partial charge is 0.363 e. The van der Waals surface area contributed by atoms with Gasteiger partial charge in [-0.05, 0) is 20.8 Å². The highest BCUT2D eigenvalue weighted by molar-refractivity contribution is 5.82. The van der Waals surface area contributed by atoms with E-state index in [4.69, 9.17) is 0 Å². The van der Waals surface area contributed by atoms with E-state index < -0.39 is 0 Å². The molecule has 0 unspecified atom stereocenters. The smallest absolute Gasteiger partial charge is 0.227 e. The summed E-state index contributed by atoms with van der Waals surface area (Å²) in [5.74, 6) is 1.92. The third-order valence-electron chi connectivity index (χ3n) is 3.17. The molecule has 0 aliphatic carbocycles. The predicted molar refractivity (Wildman–Crippen MR) is 80.0 cm³/mol. The quantitative estimate of drug-likeness (QED) is 0.889. The highest BCUT2D eigenvalue weighted by Gasteiger charge is 2.34. The Morgan fingerprint density at radius 1 is 1.35 bits per heavy atom. The summed E-state index contributed by atoms with van der Waals surface area (Å²) in [5.41, 5.74) is -0.176. The monoisotopic (exact) mass is 277 g/mol. The molecule has 1 N–H and O–H groups in total. The second-order valence-electron chi connectivity index (χ2n) is 6.47. The van der Waals surface area contributed by atoms with Crippen LogP contribution in [0.3, 0.4) is 0 Å². The van der Waals surface area contributed by atoms with Gasteiger partial charge in [0.15, 0.2) is 0 Å². The van der Waals surface area contributed by atoms with Gasteiger partial charge in [-0.3, -0.25) is 4.79 Å². The Hall–Kier alpha value is -1.85. The van der Waals surface area contributed by atoms with Crippen molar-refractivity contribution in [2.45, 2.75) is 26.3 Å². The molecule has 2 heterocycles. The van der Waals surface area contributed by atoms with Crippen LogP contribution >= 0.6 is 0 Å². The lowest BCUT2D eigenvalue weighted by atomic mass is 9.97. The minimum atomic E-state index is -0.176. The van der Waals surface area contributed by atoms with Crippen LogP contribution in [0.25, 0.3) is 0 Å². The highest BCUT2D eigenvalue weighted by Crippen LogP contribution is 2.25. The van der Waals surface area contributed by atoms with Gasteiger partial charge in [0.2, 0.25) is 5.91 Å². The number of rotatable bonds is 3. The molecule has 20 heavy (non-hydrogen) atoms. The summed E-state index contributed by atoms with van der Waals surface area (Å²) in [5, 5.41) is 3.02. The van der Waals surface area contributed by atoms with Crippen molar-refractivity contribution in [2.75, 3.05) is 37.0 Å². The Balaban J connectivity index is 1.93. The van der Waals surface area contributed by atoms with E-state index in [-0.39, 0.29) is 17.4 Å². The molecule has 0 atom stereocenters. The molecular weight excluding hydrogens is 254 g/mol. The zero-order valence-corrected chi connectivity index (χ0v) is 12.8. The summed E-state index contributed by atoms with van der Waals surface area (Å²) in [6.45, 7) is 7.41. The van der Waals surface area contributed by atoms with Gasteiger partial charge < -0.3 is 15.1 Å². The fourth-order valence-corrected chi connectivity index (χ4v) is 2.06. The minimum absolute atomic E-state index is 0.0481. The number of amides is 1. The predicted octanol–water partition coefficient (Wildman–Crippen LogP) is 0.893. The molecule has 1 aromatic heterocycles. The minimum Gasteiger partial charge on any atom is -0.363 e. The molecule has 1 aliphatic rings. The molecule has 1 aliphatic heterocycles. The average Bonchev–Trinajstić information content (AvgIpc) is 2.24. The van der Waals surface area contributed by atoms with Crippen LogP contribution in [-0.4, -0.2) is 48.6 Å². The number of aromatic nitrogens is 2. The average molecular weight is 277 g/mol. The summed E-state index contributed by atoms with van der Waals surface area (Å²) in [6, 6.07) is 1.94. The Labute approximate surface area is 120 Å². The van der Waals surface area contributed by atoms with E-state index in [1.54, 1.807) is 6.33 Å². The maximum absolute atomic E-state index is 12.0. The van der Waals surface area contributed by atoms with E-state index in [0.29, 0.717) is 13.1 Å². The molecule has 6 nitrogen and oxygen atoms in total. The summed E-state index contributed by atoms with van der Waals surface area (Å²) in [6.07, 6.45) is 1.56. The van der Waals surface area contributed by atoms with Crippen LogP contribution in [0.1, 0.15) is 20.8 Å². The van der Waals surface area contributed by atoms with Crippen LogP contribution in [0.5, 0.6) is 0 Å². The van der Waals surface area contributed by atoms with E-state index in [1.165, 1.54) is 0 Å². The van der Waals surface area contributed by atoms with Crippen LogP contribution in [0.2, 0.25) is 0 Å². The van der Waals surface area contributed by atoms with Crippen LogP contribution in [0, 0.1) is 5.92 Å². The van der Waals surface area contributed by atoms with E-state index in [0.717, 1.165) is 11.6 Å². The zero-order valence-electron chi connectivity index (χ0n) is 12.8. The zero-order chi connectivity index (χ0) is 14.9. The summed E-state index contributed by atoms with van der Waals surface area (Å²) < 4.78 is 0. The third kappa shape index (κ3) is 3.37. The normalized spacial score (nSPS) is 15.8. The SMILES string of the molecule is CN(C)c1cc(N2CC(C(=O)NC(C)(C)C)C2)ncn1. The highest BCUT2D eigenvalue weighted by atomic mass is 16.2. The first kappa shape index (κ1) is 14.6. The molecule has 0 saturated carbocycles. The number of nitrogens with one attached hydrogen (secondary N) is 1. The summed E-state index contributed by atoms with van der Waals surface area (Å²) in [7, 11) is 3.89. The number of hydrogen-bond acceptors (Lipinski definition) is 5. The molecule has 6 heteroatoms.